The van der Waals surface area contributed by atoms with Gasteiger partial charge in [0.15, 0.2) is 0 Å². The molecule has 1 unspecified atom stereocenters. The normalized spacial score (nSPS) is 13.9. The number of hydrogen-bond acceptors (Lipinski definition) is 3. The van der Waals surface area contributed by atoms with Gasteiger partial charge in [-0.15, -0.1) is 0 Å². The van der Waals surface area contributed by atoms with Crippen molar-refractivity contribution in [3.8, 4) is 0 Å². The Morgan fingerprint density at radius 2 is 2.10 bits per heavy atom. The van der Waals surface area contributed by atoms with Crippen LogP contribution in [0.1, 0.15) is 17.8 Å². The third-order valence-corrected chi connectivity index (χ3v) is 3.77. The van der Waals surface area contributed by atoms with E-state index < -0.39 is 5.54 Å². The quantitative estimate of drug-likeness (QED) is 0.829. The maximum atomic E-state index is 12.0. The molecule has 3 N–H and O–H groups in total. The molecule has 1 aromatic carbocycles. The van der Waals surface area contributed by atoms with Gasteiger partial charge in [0, 0.05) is 18.9 Å². The zero-order valence-corrected chi connectivity index (χ0v) is 11.8. The van der Waals surface area contributed by atoms with E-state index in [1.807, 2.05) is 48.0 Å². The summed E-state index contributed by atoms with van der Waals surface area (Å²) in [4.78, 5) is 16.2. The maximum absolute atomic E-state index is 12.0. The van der Waals surface area contributed by atoms with Gasteiger partial charge < -0.3 is 15.6 Å². The van der Waals surface area contributed by atoms with E-state index in [9.17, 15) is 4.79 Å². The average Bonchev–Trinajstić information content (AvgIpc) is 2.86. The number of aryl methyl sites for hydroxylation is 2. The number of amides is 1. The van der Waals surface area contributed by atoms with E-state index in [1.165, 1.54) is 0 Å². The van der Waals surface area contributed by atoms with E-state index in [0.29, 0.717) is 13.0 Å². The minimum absolute atomic E-state index is 0.371. The van der Waals surface area contributed by atoms with Gasteiger partial charge in [-0.3, -0.25) is 4.79 Å². The number of likely N-dealkylation sites (N-methyl/N-ethyl adjacent to an activating group) is 1. The molecule has 0 aliphatic rings. The lowest BCUT2D eigenvalue weighted by atomic mass is 9.86. The molecule has 0 bridgehead atoms. The number of primary amides is 1. The molecule has 20 heavy (non-hydrogen) atoms. The van der Waals surface area contributed by atoms with Crippen LogP contribution in [0.4, 0.5) is 0 Å². The van der Waals surface area contributed by atoms with Crippen LogP contribution in [0.15, 0.2) is 42.7 Å². The lowest BCUT2D eigenvalue weighted by molar-refractivity contribution is -0.125. The summed E-state index contributed by atoms with van der Waals surface area (Å²) in [5.74, 6) is 0.552. The number of nitrogens with zero attached hydrogens (tertiary/aromatic N) is 2. The van der Waals surface area contributed by atoms with E-state index in [4.69, 9.17) is 5.73 Å². The second-order valence-electron chi connectivity index (χ2n) is 4.80. The Morgan fingerprint density at radius 1 is 1.40 bits per heavy atom. The molecule has 2 rings (SSSR count). The van der Waals surface area contributed by atoms with Crippen LogP contribution in [0.25, 0.3) is 0 Å². The van der Waals surface area contributed by atoms with Gasteiger partial charge in [-0.25, -0.2) is 4.98 Å². The highest BCUT2D eigenvalue weighted by Gasteiger charge is 2.36. The van der Waals surface area contributed by atoms with Gasteiger partial charge in [0.25, 0.3) is 0 Å². The Morgan fingerprint density at radius 3 is 2.60 bits per heavy atom. The van der Waals surface area contributed by atoms with Gasteiger partial charge in [0.2, 0.25) is 5.91 Å². The summed E-state index contributed by atoms with van der Waals surface area (Å²) >= 11 is 0. The fraction of sp³-hybridized carbons (Fsp3) is 0.333. The Kier molecular flexibility index (Phi) is 4.20. The third kappa shape index (κ3) is 2.58. The Balaban J connectivity index is 2.29. The van der Waals surface area contributed by atoms with Gasteiger partial charge >= 0.3 is 0 Å². The van der Waals surface area contributed by atoms with Crippen molar-refractivity contribution in [2.45, 2.75) is 25.4 Å². The number of carbonyl (C=O) groups excluding carboxylic acids is 1. The monoisotopic (exact) mass is 272 g/mol. The molecule has 1 atom stereocenters. The van der Waals surface area contributed by atoms with Gasteiger partial charge in [-0.1, -0.05) is 30.3 Å². The van der Waals surface area contributed by atoms with Crippen LogP contribution in [0, 0.1) is 6.92 Å². The van der Waals surface area contributed by atoms with Crippen molar-refractivity contribution in [3.05, 3.63) is 54.1 Å². The van der Waals surface area contributed by atoms with Crippen LogP contribution < -0.4 is 11.1 Å². The second-order valence-corrected chi connectivity index (χ2v) is 4.80. The zero-order chi connectivity index (χ0) is 14.6. The van der Waals surface area contributed by atoms with Crippen LogP contribution in [-0.2, 0) is 16.9 Å². The van der Waals surface area contributed by atoms with E-state index in [2.05, 4.69) is 10.3 Å². The molecule has 106 valence electrons. The first-order valence-electron chi connectivity index (χ1n) is 6.62. The Hall–Kier alpha value is -2.14. The Bertz CT molecular complexity index is 579. The van der Waals surface area contributed by atoms with Crippen molar-refractivity contribution >= 4 is 5.91 Å². The molecule has 5 heteroatoms. The molecule has 5 nitrogen and oxygen atoms in total. The molecule has 0 aliphatic heterocycles. The summed E-state index contributed by atoms with van der Waals surface area (Å²) in [5.41, 5.74) is 5.68. The lowest BCUT2D eigenvalue weighted by Crippen LogP contribution is -2.51. The molecule has 0 saturated carbocycles. The predicted molar refractivity (Wildman–Crippen MR) is 78.0 cm³/mol. The van der Waals surface area contributed by atoms with E-state index >= 15 is 0 Å². The van der Waals surface area contributed by atoms with Crippen LogP contribution in [0.2, 0.25) is 0 Å². The summed E-state index contributed by atoms with van der Waals surface area (Å²) in [6.07, 6.45) is 4.23. The first-order chi connectivity index (χ1) is 9.60. The first kappa shape index (κ1) is 14.3. The third-order valence-electron chi connectivity index (χ3n) is 3.77. The number of nitrogens with one attached hydrogen (secondary N) is 1. The summed E-state index contributed by atoms with van der Waals surface area (Å²) in [6, 6.07) is 9.58. The predicted octanol–water partition coefficient (Wildman–Crippen LogP) is 1.18. The van der Waals surface area contributed by atoms with Crippen molar-refractivity contribution in [3.63, 3.8) is 0 Å². The largest absolute Gasteiger partial charge is 0.368 e. The molecule has 0 fully saturated rings. The number of carbonyl (C=O) groups is 1. The number of nitrogens with two attached hydrogens (primary N) is 1. The average molecular weight is 272 g/mol. The van der Waals surface area contributed by atoms with E-state index in [0.717, 1.165) is 11.4 Å². The smallest absolute Gasteiger partial charge is 0.242 e. The highest BCUT2D eigenvalue weighted by molar-refractivity contribution is 5.86. The Labute approximate surface area is 118 Å². The highest BCUT2D eigenvalue weighted by atomic mass is 16.1. The van der Waals surface area contributed by atoms with E-state index in [1.54, 1.807) is 13.2 Å². The van der Waals surface area contributed by atoms with Crippen molar-refractivity contribution in [2.75, 3.05) is 7.05 Å². The summed E-state index contributed by atoms with van der Waals surface area (Å²) in [5, 5.41) is 3.10. The number of imidazole rings is 1. The topological polar surface area (TPSA) is 72.9 Å². The summed E-state index contributed by atoms with van der Waals surface area (Å²) < 4.78 is 2.01. The van der Waals surface area contributed by atoms with Gasteiger partial charge in [0.05, 0.1) is 0 Å². The van der Waals surface area contributed by atoms with E-state index in [-0.39, 0.29) is 5.91 Å². The van der Waals surface area contributed by atoms with Crippen LogP contribution in [0.5, 0.6) is 0 Å². The van der Waals surface area contributed by atoms with Gasteiger partial charge in [-0.05, 0) is 26.0 Å². The fourth-order valence-corrected chi connectivity index (χ4v) is 2.45. The number of rotatable bonds is 6. The lowest BCUT2D eigenvalue weighted by Gasteiger charge is -2.31. The summed E-state index contributed by atoms with van der Waals surface area (Å²) in [7, 11) is 1.76. The first-order valence-corrected chi connectivity index (χ1v) is 6.62. The van der Waals surface area contributed by atoms with Crippen molar-refractivity contribution in [2.24, 2.45) is 5.73 Å². The van der Waals surface area contributed by atoms with Gasteiger partial charge in [0.1, 0.15) is 11.4 Å². The number of benzene rings is 1. The molecular weight excluding hydrogens is 252 g/mol. The number of hydrogen-bond donors (Lipinski definition) is 2. The maximum Gasteiger partial charge on any atom is 0.242 e. The van der Waals surface area contributed by atoms with Crippen LogP contribution >= 0.6 is 0 Å². The van der Waals surface area contributed by atoms with Crippen LogP contribution in [-0.4, -0.2) is 22.5 Å². The minimum Gasteiger partial charge on any atom is -0.368 e. The standard InChI is InChI=1S/C15H20N4O/c1-12-18-9-11-19(12)10-8-15(17-2,14(16)20)13-6-4-3-5-7-13/h3-7,9,11,17H,8,10H2,1-2H3,(H2,16,20). The molecule has 2 aromatic rings. The second kappa shape index (κ2) is 5.88. The van der Waals surface area contributed by atoms with Crippen molar-refractivity contribution < 1.29 is 4.79 Å². The zero-order valence-electron chi connectivity index (χ0n) is 11.8. The minimum atomic E-state index is -0.863. The highest BCUT2D eigenvalue weighted by Crippen LogP contribution is 2.25. The van der Waals surface area contributed by atoms with Crippen molar-refractivity contribution in [1.82, 2.24) is 14.9 Å². The molecule has 1 heterocycles. The molecular formula is C15H20N4O. The summed E-state index contributed by atoms with van der Waals surface area (Å²) in [6.45, 7) is 2.61. The molecule has 0 radical (unpaired) electrons. The SMILES string of the molecule is CNC(CCn1ccnc1C)(C(N)=O)c1ccccc1. The molecule has 0 aliphatic carbocycles. The molecule has 0 spiro atoms. The van der Waals surface area contributed by atoms with Crippen molar-refractivity contribution in [1.29, 1.82) is 0 Å². The van der Waals surface area contributed by atoms with Crippen LogP contribution in [0.3, 0.4) is 0 Å². The van der Waals surface area contributed by atoms with Gasteiger partial charge in [-0.2, -0.15) is 0 Å². The molecule has 0 saturated heterocycles. The molecule has 1 aromatic heterocycles. The number of aromatic nitrogens is 2. The fourth-order valence-electron chi connectivity index (χ4n) is 2.45. The molecule has 1 amide bonds.